The van der Waals surface area contributed by atoms with Crippen LogP contribution in [0.2, 0.25) is 0 Å². The highest BCUT2D eigenvalue weighted by atomic mass is 32.2. The molecule has 2 heterocycles. The van der Waals surface area contributed by atoms with Gasteiger partial charge in [0.25, 0.3) is 5.91 Å². The van der Waals surface area contributed by atoms with Gasteiger partial charge in [-0.25, -0.2) is 0 Å². The summed E-state index contributed by atoms with van der Waals surface area (Å²) in [5, 5.41) is 20.5. The van der Waals surface area contributed by atoms with E-state index in [-0.39, 0.29) is 16.3 Å². The Morgan fingerprint density at radius 1 is 1.36 bits per heavy atom. The van der Waals surface area contributed by atoms with E-state index in [9.17, 15) is 4.79 Å². The van der Waals surface area contributed by atoms with Gasteiger partial charge in [-0.05, 0) is 50.7 Å². The first-order chi connectivity index (χ1) is 13.3. The molecule has 1 amide bonds. The smallest absolute Gasteiger partial charge is 0.276 e. The van der Waals surface area contributed by atoms with Crippen LogP contribution in [-0.2, 0) is 11.2 Å². The Labute approximate surface area is 169 Å². The van der Waals surface area contributed by atoms with E-state index in [1.54, 1.807) is 0 Å². The molecule has 150 valence electrons. The average molecular weight is 401 g/mol. The van der Waals surface area contributed by atoms with Gasteiger partial charge in [-0.3, -0.25) is 15.6 Å². The number of carbonyl (C=O) groups is 1. The lowest BCUT2D eigenvalue weighted by Gasteiger charge is -2.38. The summed E-state index contributed by atoms with van der Waals surface area (Å²) >= 11 is 0.926. The fraction of sp³-hybridized carbons (Fsp3) is 0.450. The van der Waals surface area contributed by atoms with Crippen molar-refractivity contribution in [2.75, 3.05) is 26.7 Å². The standard InChI is InChI=1S/C20H28N6OS/c1-13(10-15-11-23-17-7-5-4-6-16(15)17)24-19(27)18(21)28-20(22)26-9-8-25(3)14(2)12-26/h4-7,11,13-14,21-23H,8-10,12H2,1-3H3,(H,24,27). The second-order valence-electron chi connectivity index (χ2n) is 7.45. The third kappa shape index (κ3) is 4.74. The highest BCUT2D eigenvalue weighted by Crippen LogP contribution is 2.19. The van der Waals surface area contributed by atoms with Gasteiger partial charge in [-0.1, -0.05) is 18.2 Å². The molecule has 8 heteroatoms. The van der Waals surface area contributed by atoms with Gasteiger partial charge in [0.05, 0.1) is 0 Å². The molecule has 1 aliphatic rings. The number of aromatic amines is 1. The van der Waals surface area contributed by atoms with Crippen molar-refractivity contribution in [2.45, 2.75) is 32.4 Å². The Balaban J connectivity index is 1.51. The van der Waals surface area contributed by atoms with E-state index >= 15 is 0 Å². The molecule has 1 aromatic carbocycles. The lowest BCUT2D eigenvalue weighted by Crippen LogP contribution is -2.51. The first-order valence-corrected chi connectivity index (χ1v) is 10.3. The second kappa shape index (κ2) is 8.79. The molecule has 0 saturated carbocycles. The number of thioether (sulfide) groups is 1. The molecule has 0 spiro atoms. The normalized spacial score (nSPS) is 18.8. The number of likely N-dealkylation sites (N-methyl/N-ethyl adjacent to an activating group) is 1. The van der Waals surface area contributed by atoms with Crippen LogP contribution in [0, 0.1) is 10.8 Å². The van der Waals surface area contributed by atoms with Gasteiger partial charge in [0.2, 0.25) is 0 Å². The van der Waals surface area contributed by atoms with Gasteiger partial charge < -0.3 is 20.1 Å². The monoisotopic (exact) mass is 400 g/mol. The van der Waals surface area contributed by atoms with Crippen LogP contribution in [0.1, 0.15) is 19.4 Å². The minimum absolute atomic E-state index is 0.106. The number of hydrogen-bond acceptors (Lipinski definition) is 5. The minimum atomic E-state index is -0.427. The van der Waals surface area contributed by atoms with Crippen LogP contribution in [0.15, 0.2) is 30.5 Å². The summed E-state index contributed by atoms with van der Waals surface area (Å²) in [6, 6.07) is 8.33. The van der Waals surface area contributed by atoms with Gasteiger partial charge >= 0.3 is 0 Å². The van der Waals surface area contributed by atoms with Crippen molar-refractivity contribution in [1.29, 1.82) is 10.8 Å². The Bertz CT molecular complexity index is 878. The van der Waals surface area contributed by atoms with Gasteiger partial charge in [-0.2, -0.15) is 0 Å². The van der Waals surface area contributed by atoms with Crippen LogP contribution in [0.25, 0.3) is 10.9 Å². The lowest BCUT2D eigenvalue weighted by atomic mass is 10.1. The van der Waals surface area contributed by atoms with Gasteiger partial charge in [-0.15, -0.1) is 0 Å². The summed E-state index contributed by atoms with van der Waals surface area (Å²) in [4.78, 5) is 19.8. The van der Waals surface area contributed by atoms with Crippen molar-refractivity contribution in [3.63, 3.8) is 0 Å². The summed E-state index contributed by atoms with van der Waals surface area (Å²) in [5.74, 6) is -0.427. The van der Waals surface area contributed by atoms with Crippen LogP contribution < -0.4 is 5.32 Å². The lowest BCUT2D eigenvalue weighted by molar-refractivity contribution is -0.115. The molecule has 1 saturated heterocycles. The second-order valence-corrected chi connectivity index (χ2v) is 8.45. The van der Waals surface area contributed by atoms with Crippen LogP contribution >= 0.6 is 11.8 Å². The van der Waals surface area contributed by atoms with E-state index in [1.165, 1.54) is 0 Å². The van der Waals surface area contributed by atoms with Crippen LogP contribution in [-0.4, -0.2) is 69.7 Å². The zero-order valence-electron chi connectivity index (χ0n) is 16.6. The molecule has 4 N–H and O–H groups in total. The third-order valence-corrected chi connectivity index (χ3v) is 6.07. The number of nitrogens with zero attached hydrogens (tertiary/aromatic N) is 2. The Hall–Kier alpha value is -2.32. The molecule has 2 atom stereocenters. The van der Waals surface area contributed by atoms with E-state index in [1.807, 2.05) is 36.2 Å². The molecule has 0 aliphatic carbocycles. The number of carbonyl (C=O) groups excluding carboxylic acids is 1. The van der Waals surface area contributed by atoms with E-state index in [0.717, 1.165) is 47.9 Å². The number of piperazine rings is 1. The number of amides is 1. The largest absolute Gasteiger partial charge is 0.361 e. The van der Waals surface area contributed by atoms with Crippen molar-refractivity contribution < 1.29 is 4.79 Å². The quantitative estimate of drug-likeness (QED) is 0.470. The average Bonchev–Trinajstić information content (AvgIpc) is 3.06. The Kier molecular flexibility index (Phi) is 6.41. The van der Waals surface area contributed by atoms with Crippen molar-refractivity contribution in [2.24, 2.45) is 0 Å². The first-order valence-electron chi connectivity index (χ1n) is 9.51. The molecule has 0 bridgehead atoms. The maximum atomic E-state index is 12.4. The number of H-pyrrole nitrogens is 1. The highest BCUT2D eigenvalue weighted by molar-refractivity contribution is 8.27. The van der Waals surface area contributed by atoms with E-state index in [4.69, 9.17) is 10.8 Å². The fourth-order valence-corrected chi connectivity index (χ4v) is 4.05. The van der Waals surface area contributed by atoms with Gasteiger partial charge in [0, 0.05) is 48.8 Å². The fourth-order valence-electron chi connectivity index (χ4n) is 3.41. The number of amidine groups is 1. The summed E-state index contributed by atoms with van der Waals surface area (Å²) in [5.41, 5.74) is 2.22. The number of nitrogens with one attached hydrogen (secondary N) is 4. The van der Waals surface area contributed by atoms with Crippen molar-refractivity contribution in [3.8, 4) is 0 Å². The van der Waals surface area contributed by atoms with Crippen molar-refractivity contribution in [1.82, 2.24) is 20.1 Å². The highest BCUT2D eigenvalue weighted by Gasteiger charge is 2.25. The third-order valence-electron chi connectivity index (χ3n) is 5.23. The Morgan fingerprint density at radius 3 is 2.86 bits per heavy atom. The maximum Gasteiger partial charge on any atom is 0.276 e. The zero-order valence-corrected chi connectivity index (χ0v) is 17.4. The topological polar surface area (TPSA) is 99.1 Å². The summed E-state index contributed by atoms with van der Waals surface area (Å²) in [6.07, 6.45) is 2.65. The number of hydrogen-bond donors (Lipinski definition) is 4. The summed E-state index contributed by atoms with van der Waals surface area (Å²) in [7, 11) is 2.07. The molecule has 1 aliphatic heterocycles. The number of fused-ring (bicyclic) bond motifs is 1. The number of aromatic nitrogens is 1. The summed E-state index contributed by atoms with van der Waals surface area (Å²) in [6.45, 7) is 6.43. The van der Waals surface area contributed by atoms with E-state index < -0.39 is 5.91 Å². The number of para-hydroxylation sites is 1. The SMILES string of the molecule is CC(Cc1c[nH]c2ccccc12)NC(=O)C(=N)SC(=N)N1CCN(C)C(C)C1. The molecule has 28 heavy (non-hydrogen) atoms. The molecule has 0 radical (unpaired) electrons. The number of rotatable bonds is 3. The zero-order chi connectivity index (χ0) is 20.3. The van der Waals surface area contributed by atoms with E-state index in [2.05, 4.69) is 35.2 Å². The Morgan fingerprint density at radius 2 is 2.11 bits per heavy atom. The van der Waals surface area contributed by atoms with Crippen LogP contribution in [0.3, 0.4) is 0 Å². The van der Waals surface area contributed by atoms with Crippen LogP contribution in [0.4, 0.5) is 0 Å². The van der Waals surface area contributed by atoms with Crippen molar-refractivity contribution >= 4 is 38.8 Å². The molecule has 2 aromatic rings. The molecular weight excluding hydrogens is 372 g/mol. The summed E-state index contributed by atoms with van der Waals surface area (Å²) < 4.78 is 0. The van der Waals surface area contributed by atoms with Crippen LogP contribution in [0.5, 0.6) is 0 Å². The minimum Gasteiger partial charge on any atom is -0.361 e. The molecule has 1 fully saturated rings. The number of benzene rings is 1. The predicted molar refractivity (Wildman–Crippen MR) is 116 cm³/mol. The van der Waals surface area contributed by atoms with E-state index in [0.29, 0.717) is 12.5 Å². The first kappa shape index (κ1) is 20.4. The van der Waals surface area contributed by atoms with Crippen molar-refractivity contribution in [3.05, 3.63) is 36.0 Å². The predicted octanol–water partition coefficient (Wildman–Crippen LogP) is 2.50. The molecule has 3 rings (SSSR count). The maximum absolute atomic E-state index is 12.4. The molecule has 2 unspecified atom stereocenters. The van der Waals surface area contributed by atoms with Gasteiger partial charge in [0.1, 0.15) is 0 Å². The molecule has 7 nitrogen and oxygen atoms in total. The van der Waals surface area contributed by atoms with Gasteiger partial charge in [0.15, 0.2) is 10.2 Å². The molecular formula is C20H28N6OS. The molecule has 1 aromatic heterocycles.